The zero-order valence-corrected chi connectivity index (χ0v) is 19.3. The van der Waals surface area contributed by atoms with Gasteiger partial charge in [0.1, 0.15) is 5.37 Å². The fourth-order valence-electron chi connectivity index (χ4n) is 3.87. The minimum Gasteiger partial charge on any atom is -0.322 e. The lowest BCUT2D eigenvalue weighted by atomic mass is 10.1. The van der Waals surface area contributed by atoms with Crippen molar-refractivity contribution < 1.29 is 9.59 Å². The zero-order valence-electron chi connectivity index (χ0n) is 18.5. The van der Waals surface area contributed by atoms with E-state index in [0.717, 1.165) is 41.8 Å². The highest BCUT2D eigenvalue weighted by Crippen LogP contribution is 2.42. The van der Waals surface area contributed by atoms with Crippen molar-refractivity contribution in [3.05, 3.63) is 95.1 Å². The van der Waals surface area contributed by atoms with Crippen LogP contribution in [-0.4, -0.2) is 17.6 Å². The lowest BCUT2D eigenvalue weighted by Gasteiger charge is -2.25. The summed E-state index contributed by atoms with van der Waals surface area (Å²) in [6, 6.07) is 23.6. The number of carbonyl (C=O) groups excluding carboxylic acids is 2. The Balaban J connectivity index is 1.44. The Kier molecular flexibility index (Phi) is 6.96. The van der Waals surface area contributed by atoms with E-state index in [2.05, 4.69) is 12.2 Å². The van der Waals surface area contributed by atoms with Crippen LogP contribution in [0.15, 0.2) is 72.8 Å². The Bertz CT molecular complexity index is 1090. The van der Waals surface area contributed by atoms with Gasteiger partial charge in [0.2, 0.25) is 5.91 Å². The highest BCUT2D eigenvalue weighted by molar-refractivity contribution is 8.00. The molecule has 0 saturated carbocycles. The van der Waals surface area contributed by atoms with Crippen molar-refractivity contribution in [1.82, 2.24) is 0 Å². The van der Waals surface area contributed by atoms with Crippen molar-refractivity contribution in [2.45, 2.75) is 38.5 Å². The van der Waals surface area contributed by atoms with Gasteiger partial charge >= 0.3 is 0 Å². The third kappa shape index (κ3) is 5.05. The van der Waals surface area contributed by atoms with Crippen LogP contribution in [0.1, 0.15) is 52.2 Å². The van der Waals surface area contributed by atoms with Crippen LogP contribution in [0, 0.1) is 6.92 Å². The van der Waals surface area contributed by atoms with Crippen LogP contribution in [0.5, 0.6) is 0 Å². The summed E-state index contributed by atoms with van der Waals surface area (Å²) in [5, 5.41) is 2.91. The van der Waals surface area contributed by atoms with Crippen molar-refractivity contribution in [2.75, 3.05) is 16.0 Å². The molecule has 0 spiro atoms. The predicted octanol–water partition coefficient (Wildman–Crippen LogP) is 6.37. The van der Waals surface area contributed by atoms with Gasteiger partial charge in [-0.25, -0.2) is 0 Å². The monoisotopic (exact) mass is 444 g/mol. The van der Waals surface area contributed by atoms with Crippen LogP contribution in [0.3, 0.4) is 0 Å². The number of carbonyl (C=O) groups is 2. The topological polar surface area (TPSA) is 49.4 Å². The van der Waals surface area contributed by atoms with E-state index in [1.54, 1.807) is 11.8 Å². The zero-order chi connectivity index (χ0) is 22.5. The number of anilines is 2. The van der Waals surface area contributed by atoms with Gasteiger partial charge in [-0.1, -0.05) is 49.7 Å². The van der Waals surface area contributed by atoms with Gasteiger partial charge in [-0.15, -0.1) is 11.8 Å². The summed E-state index contributed by atoms with van der Waals surface area (Å²) in [7, 11) is 0. The molecular weight excluding hydrogens is 416 g/mol. The highest BCUT2D eigenvalue weighted by Gasteiger charge is 2.34. The molecule has 1 aliphatic rings. The van der Waals surface area contributed by atoms with Gasteiger partial charge in [0, 0.05) is 16.9 Å². The maximum absolute atomic E-state index is 12.6. The number of thioether (sulfide) groups is 1. The van der Waals surface area contributed by atoms with Gasteiger partial charge < -0.3 is 5.32 Å². The third-order valence-electron chi connectivity index (χ3n) is 5.64. The Morgan fingerprint density at radius 2 is 1.81 bits per heavy atom. The molecule has 1 aliphatic heterocycles. The molecule has 1 heterocycles. The highest BCUT2D eigenvalue weighted by atomic mass is 32.2. The number of hydrogen-bond acceptors (Lipinski definition) is 3. The summed E-state index contributed by atoms with van der Waals surface area (Å²) in [6.07, 6.45) is 3.36. The second-order valence-electron chi connectivity index (χ2n) is 8.14. The van der Waals surface area contributed by atoms with E-state index in [9.17, 15) is 9.59 Å². The largest absolute Gasteiger partial charge is 0.322 e. The van der Waals surface area contributed by atoms with Crippen LogP contribution >= 0.6 is 11.8 Å². The van der Waals surface area contributed by atoms with Gasteiger partial charge in [0.25, 0.3) is 5.91 Å². The van der Waals surface area contributed by atoms with Crippen LogP contribution in [0.4, 0.5) is 11.4 Å². The van der Waals surface area contributed by atoms with Gasteiger partial charge in [-0.2, -0.15) is 0 Å². The molecule has 164 valence electrons. The summed E-state index contributed by atoms with van der Waals surface area (Å²) in [5.41, 5.74) is 5.74. The van der Waals surface area contributed by atoms with Crippen molar-refractivity contribution in [3.8, 4) is 0 Å². The Morgan fingerprint density at radius 3 is 2.50 bits per heavy atom. The first-order chi connectivity index (χ1) is 15.5. The van der Waals surface area contributed by atoms with Gasteiger partial charge in [0.15, 0.2) is 0 Å². The quantitative estimate of drug-likeness (QED) is 0.461. The Labute approximate surface area is 194 Å². The molecule has 2 amide bonds. The summed E-state index contributed by atoms with van der Waals surface area (Å²) in [5.74, 6) is 0.461. The fraction of sp³-hybridized carbons (Fsp3) is 0.259. The van der Waals surface area contributed by atoms with Crippen LogP contribution in [0.2, 0.25) is 0 Å². The van der Waals surface area contributed by atoms with Crippen LogP contribution in [0.25, 0.3) is 0 Å². The van der Waals surface area contributed by atoms with Crippen molar-refractivity contribution in [3.63, 3.8) is 0 Å². The van der Waals surface area contributed by atoms with E-state index in [1.165, 1.54) is 5.56 Å². The van der Waals surface area contributed by atoms with Gasteiger partial charge in [-0.05, 0) is 72.9 Å². The molecular formula is C27H28N2O2S. The number of rotatable bonds is 7. The second-order valence-corrected chi connectivity index (χ2v) is 9.21. The normalized spacial score (nSPS) is 15.8. The summed E-state index contributed by atoms with van der Waals surface area (Å²) in [4.78, 5) is 27.1. The molecule has 0 aromatic heterocycles. The minimum absolute atomic E-state index is 0.0651. The molecule has 3 aromatic carbocycles. The average molecular weight is 445 g/mol. The van der Waals surface area contributed by atoms with Crippen molar-refractivity contribution >= 4 is 35.0 Å². The SMILES string of the molecule is CCCCc1ccc(C(=O)Nc2ccc([C@H]3SCC(=O)N3c3cccc(C)c3)cc2)cc1. The molecule has 1 atom stereocenters. The predicted molar refractivity (Wildman–Crippen MR) is 133 cm³/mol. The molecule has 0 bridgehead atoms. The lowest BCUT2D eigenvalue weighted by Crippen LogP contribution is -2.27. The molecule has 0 aliphatic carbocycles. The number of hydrogen-bond donors (Lipinski definition) is 1. The maximum Gasteiger partial charge on any atom is 0.255 e. The summed E-state index contributed by atoms with van der Waals surface area (Å²) >= 11 is 1.62. The second kappa shape index (κ2) is 10.0. The van der Waals surface area contributed by atoms with E-state index >= 15 is 0 Å². The standard InChI is InChI=1S/C27H28N2O2S/c1-3-4-7-20-9-11-21(12-10-20)26(31)28-23-15-13-22(14-16-23)27-29(25(30)18-32-27)24-8-5-6-19(2)17-24/h5-6,8-17,27H,3-4,7,18H2,1-2H3,(H,28,31)/t27-/m1/s1. The summed E-state index contributed by atoms with van der Waals surface area (Å²) < 4.78 is 0. The average Bonchev–Trinajstić information content (AvgIpc) is 3.20. The Morgan fingerprint density at radius 1 is 1.06 bits per heavy atom. The van der Waals surface area contributed by atoms with E-state index < -0.39 is 0 Å². The molecule has 1 saturated heterocycles. The molecule has 0 radical (unpaired) electrons. The number of unbranched alkanes of at least 4 members (excludes halogenated alkanes) is 1. The lowest BCUT2D eigenvalue weighted by molar-refractivity contribution is -0.115. The molecule has 3 aromatic rings. The molecule has 0 unspecified atom stereocenters. The summed E-state index contributed by atoms with van der Waals surface area (Å²) in [6.45, 7) is 4.21. The fourth-order valence-corrected chi connectivity index (χ4v) is 5.04. The molecule has 4 rings (SSSR count). The van der Waals surface area contributed by atoms with E-state index in [1.807, 2.05) is 84.6 Å². The number of aryl methyl sites for hydroxylation is 2. The molecule has 1 N–H and O–H groups in total. The minimum atomic E-state index is -0.119. The molecule has 5 heteroatoms. The number of benzene rings is 3. The molecule has 4 nitrogen and oxygen atoms in total. The van der Waals surface area contributed by atoms with Crippen LogP contribution < -0.4 is 10.2 Å². The van der Waals surface area contributed by atoms with E-state index in [4.69, 9.17) is 0 Å². The number of nitrogens with one attached hydrogen (secondary N) is 1. The molecule has 1 fully saturated rings. The first-order valence-electron chi connectivity index (χ1n) is 11.1. The van der Waals surface area contributed by atoms with E-state index in [-0.39, 0.29) is 17.2 Å². The van der Waals surface area contributed by atoms with E-state index in [0.29, 0.717) is 11.3 Å². The van der Waals surface area contributed by atoms with Crippen molar-refractivity contribution in [2.24, 2.45) is 0 Å². The van der Waals surface area contributed by atoms with Crippen molar-refractivity contribution in [1.29, 1.82) is 0 Å². The number of amides is 2. The Hall–Kier alpha value is -3.05. The van der Waals surface area contributed by atoms with Crippen LogP contribution in [-0.2, 0) is 11.2 Å². The first-order valence-corrected chi connectivity index (χ1v) is 12.1. The van der Waals surface area contributed by atoms with Gasteiger partial charge in [0.05, 0.1) is 5.75 Å². The maximum atomic E-state index is 12.6. The van der Waals surface area contributed by atoms with Gasteiger partial charge in [-0.3, -0.25) is 14.5 Å². The third-order valence-corrected chi connectivity index (χ3v) is 6.85. The smallest absolute Gasteiger partial charge is 0.255 e. The number of nitrogens with zero attached hydrogens (tertiary/aromatic N) is 1. The first kappa shape index (κ1) is 22.2. The molecule has 32 heavy (non-hydrogen) atoms.